The molecule has 29 heavy (non-hydrogen) atoms. The normalized spacial score (nSPS) is 11.7. The Balaban J connectivity index is 1.73. The molecule has 0 unspecified atom stereocenters. The smallest absolute Gasteiger partial charge is 0.252 e. The highest BCUT2D eigenvalue weighted by Gasteiger charge is 2.24. The predicted molar refractivity (Wildman–Crippen MR) is 116 cm³/mol. The van der Waals surface area contributed by atoms with Crippen molar-refractivity contribution in [2.45, 2.75) is 10.4 Å². The van der Waals surface area contributed by atoms with Crippen LogP contribution in [0.4, 0.5) is 0 Å². The Labute approximate surface area is 172 Å². The van der Waals surface area contributed by atoms with Crippen LogP contribution in [0.3, 0.4) is 0 Å². The van der Waals surface area contributed by atoms with Gasteiger partial charge in [-0.2, -0.15) is 0 Å². The van der Waals surface area contributed by atoms with Crippen LogP contribution in [0.5, 0.6) is 0 Å². The maximum atomic E-state index is 13.2. The number of hydrogen-bond donors (Lipinski definition) is 1. The number of ketones is 1. The minimum absolute atomic E-state index is 0.0328. The molecule has 142 valence electrons. The lowest BCUT2D eigenvalue weighted by atomic mass is 10.0. The summed E-state index contributed by atoms with van der Waals surface area (Å²) in [6.07, 6.45) is 0. The molecule has 4 aromatic rings. The largest absolute Gasteiger partial charge is 0.301 e. The third kappa shape index (κ3) is 4.52. The monoisotopic (exact) mass is 398 g/mol. The highest BCUT2D eigenvalue weighted by Crippen LogP contribution is 2.36. The molecule has 0 aliphatic heterocycles. The van der Waals surface area contributed by atoms with Crippen molar-refractivity contribution in [2.24, 2.45) is 0 Å². The Morgan fingerprint density at radius 3 is 2.07 bits per heavy atom. The van der Waals surface area contributed by atoms with Crippen molar-refractivity contribution >= 4 is 17.5 Å². The number of aromatic nitrogens is 2. The molecule has 0 spiro atoms. The van der Waals surface area contributed by atoms with Crippen LogP contribution < -0.4 is 5.56 Å². The van der Waals surface area contributed by atoms with E-state index < -0.39 is 5.25 Å². The Kier molecular flexibility index (Phi) is 5.68. The molecule has 3 aromatic carbocycles. The zero-order valence-corrected chi connectivity index (χ0v) is 16.3. The second-order valence-electron chi connectivity index (χ2n) is 6.44. The fraction of sp³-hybridized carbons (Fsp3) is 0.0417. The molecule has 4 rings (SSSR count). The van der Waals surface area contributed by atoms with Gasteiger partial charge in [0.05, 0.1) is 5.69 Å². The van der Waals surface area contributed by atoms with Crippen molar-refractivity contribution in [1.82, 2.24) is 9.97 Å². The van der Waals surface area contributed by atoms with Crippen LogP contribution in [0.2, 0.25) is 0 Å². The van der Waals surface area contributed by atoms with Gasteiger partial charge in [0.25, 0.3) is 5.56 Å². The number of aromatic amines is 1. The maximum Gasteiger partial charge on any atom is 0.252 e. The Bertz CT molecular complexity index is 1160. The summed E-state index contributed by atoms with van der Waals surface area (Å²) in [7, 11) is 0. The topological polar surface area (TPSA) is 62.8 Å². The SMILES string of the molecule is O=C(c1ccccc1)[C@@H](Sc1nc(-c2ccccc2)cc(=O)[nH]1)c1ccccc1. The number of rotatable bonds is 6. The lowest BCUT2D eigenvalue weighted by molar-refractivity contribution is 0.0989. The van der Waals surface area contributed by atoms with Gasteiger partial charge in [0, 0.05) is 17.2 Å². The fourth-order valence-electron chi connectivity index (χ4n) is 3.01. The third-order valence-corrected chi connectivity index (χ3v) is 5.56. The van der Waals surface area contributed by atoms with E-state index in [0.29, 0.717) is 16.4 Å². The van der Waals surface area contributed by atoms with Crippen molar-refractivity contribution in [3.63, 3.8) is 0 Å². The third-order valence-electron chi connectivity index (χ3n) is 4.42. The zero-order valence-electron chi connectivity index (χ0n) is 15.5. The van der Waals surface area contributed by atoms with Crippen molar-refractivity contribution < 1.29 is 4.79 Å². The summed E-state index contributed by atoms with van der Waals surface area (Å²) in [6, 6.07) is 29.7. The summed E-state index contributed by atoms with van der Waals surface area (Å²) in [4.78, 5) is 32.9. The number of carbonyl (C=O) groups excluding carboxylic acids is 1. The van der Waals surface area contributed by atoms with Gasteiger partial charge >= 0.3 is 0 Å². The first-order valence-corrected chi connectivity index (χ1v) is 10.1. The van der Waals surface area contributed by atoms with Gasteiger partial charge in [-0.3, -0.25) is 9.59 Å². The van der Waals surface area contributed by atoms with Gasteiger partial charge in [-0.15, -0.1) is 0 Å². The number of H-pyrrole nitrogens is 1. The molecule has 4 nitrogen and oxygen atoms in total. The molecule has 0 radical (unpaired) electrons. The van der Waals surface area contributed by atoms with E-state index in [2.05, 4.69) is 9.97 Å². The van der Waals surface area contributed by atoms with Crippen molar-refractivity contribution in [3.8, 4) is 11.3 Å². The molecule has 1 N–H and O–H groups in total. The van der Waals surface area contributed by atoms with Crippen LogP contribution in [-0.4, -0.2) is 15.8 Å². The van der Waals surface area contributed by atoms with E-state index in [1.54, 1.807) is 12.1 Å². The van der Waals surface area contributed by atoms with Gasteiger partial charge in [-0.25, -0.2) is 4.98 Å². The van der Waals surface area contributed by atoms with E-state index in [1.165, 1.54) is 17.8 Å². The summed E-state index contributed by atoms with van der Waals surface area (Å²) >= 11 is 1.25. The summed E-state index contributed by atoms with van der Waals surface area (Å²) in [5.74, 6) is -0.0328. The quantitative estimate of drug-likeness (QED) is 0.277. The highest BCUT2D eigenvalue weighted by molar-refractivity contribution is 8.00. The molecule has 0 saturated heterocycles. The fourth-order valence-corrected chi connectivity index (χ4v) is 4.08. The van der Waals surface area contributed by atoms with Crippen LogP contribution in [0.25, 0.3) is 11.3 Å². The minimum Gasteiger partial charge on any atom is -0.301 e. The molecule has 0 aliphatic rings. The van der Waals surface area contributed by atoms with E-state index in [0.717, 1.165) is 11.1 Å². The predicted octanol–water partition coefficient (Wildman–Crippen LogP) is 5.15. The lowest BCUT2D eigenvalue weighted by Crippen LogP contribution is -2.13. The molecular formula is C24H18N2O2S. The average molecular weight is 398 g/mol. The number of benzene rings is 3. The number of hydrogen-bond acceptors (Lipinski definition) is 4. The Hall–Kier alpha value is -3.44. The maximum absolute atomic E-state index is 13.2. The minimum atomic E-state index is -0.521. The van der Waals surface area contributed by atoms with Gasteiger partial charge < -0.3 is 4.98 Å². The van der Waals surface area contributed by atoms with E-state index in [1.807, 2.05) is 78.9 Å². The number of nitrogens with one attached hydrogen (secondary N) is 1. The lowest BCUT2D eigenvalue weighted by Gasteiger charge is -2.16. The van der Waals surface area contributed by atoms with Crippen LogP contribution in [0, 0.1) is 0 Å². The average Bonchev–Trinajstić information content (AvgIpc) is 2.78. The zero-order chi connectivity index (χ0) is 20.1. The summed E-state index contributed by atoms with van der Waals surface area (Å²) in [5.41, 5.74) is 2.66. The second kappa shape index (κ2) is 8.71. The molecule has 1 atom stereocenters. The van der Waals surface area contributed by atoms with Crippen molar-refractivity contribution in [2.75, 3.05) is 0 Å². The van der Waals surface area contributed by atoms with Crippen LogP contribution in [0.15, 0.2) is 107 Å². The molecule has 1 heterocycles. The standard InChI is InChI=1S/C24H18N2O2S/c27-21-16-20(17-10-4-1-5-11-17)25-24(26-21)29-23(19-14-8-3-9-15-19)22(28)18-12-6-2-7-13-18/h1-16,23H,(H,25,26,27)/t23-/m0/s1. The van der Waals surface area contributed by atoms with Crippen LogP contribution in [-0.2, 0) is 0 Å². The molecule has 0 amide bonds. The van der Waals surface area contributed by atoms with Gasteiger partial charge in [0.2, 0.25) is 0 Å². The van der Waals surface area contributed by atoms with Gasteiger partial charge in [-0.1, -0.05) is 103 Å². The molecular weight excluding hydrogens is 380 g/mol. The van der Waals surface area contributed by atoms with E-state index in [4.69, 9.17) is 0 Å². The summed E-state index contributed by atoms with van der Waals surface area (Å²) < 4.78 is 0. The molecule has 1 aromatic heterocycles. The molecule has 0 aliphatic carbocycles. The Morgan fingerprint density at radius 2 is 1.41 bits per heavy atom. The van der Waals surface area contributed by atoms with Crippen molar-refractivity contribution in [1.29, 1.82) is 0 Å². The first kappa shape index (κ1) is 18.9. The number of carbonyl (C=O) groups is 1. The first-order valence-electron chi connectivity index (χ1n) is 9.18. The number of Topliss-reactive ketones (excluding diaryl/α,β-unsaturated/α-hetero) is 1. The second-order valence-corrected chi connectivity index (χ2v) is 7.53. The van der Waals surface area contributed by atoms with E-state index in [-0.39, 0.29) is 11.3 Å². The molecule has 5 heteroatoms. The number of nitrogens with zero attached hydrogens (tertiary/aromatic N) is 1. The van der Waals surface area contributed by atoms with E-state index in [9.17, 15) is 9.59 Å². The highest BCUT2D eigenvalue weighted by atomic mass is 32.2. The number of thioether (sulfide) groups is 1. The van der Waals surface area contributed by atoms with Crippen molar-refractivity contribution in [3.05, 3.63) is 119 Å². The molecule has 0 saturated carbocycles. The summed E-state index contributed by atoms with van der Waals surface area (Å²) in [6.45, 7) is 0. The van der Waals surface area contributed by atoms with Gasteiger partial charge in [0.15, 0.2) is 10.9 Å². The van der Waals surface area contributed by atoms with E-state index >= 15 is 0 Å². The summed E-state index contributed by atoms with van der Waals surface area (Å²) in [5, 5.41) is -0.109. The van der Waals surface area contributed by atoms with Gasteiger partial charge in [-0.05, 0) is 5.56 Å². The van der Waals surface area contributed by atoms with Gasteiger partial charge in [0.1, 0.15) is 5.25 Å². The van der Waals surface area contributed by atoms with Crippen LogP contribution in [0.1, 0.15) is 21.2 Å². The molecule has 0 fully saturated rings. The van der Waals surface area contributed by atoms with Crippen LogP contribution >= 0.6 is 11.8 Å². The first-order chi connectivity index (χ1) is 14.2. The Morgan fingerprint density at radius 1 is 0.828 bits per heavy atom. The molecule has 0 bridgehead atoms.